The van der Waals surface area contributed by atoms with Crippen molar-refractivity contribution in [3.8, 4) is 0 Å². The Hall–Kier alpha value is -1.07. The minimum Gasteiger partial charge on any atom is -0.311 e. The monoisotopic (exact) mass is 300 g/mol. The molecule has 0 bridgehead atoms. The van der Waals surface area contributed by atoms with E-state index < -0.39 is 11.7 Å². The van der Waals surface area contributed by atoms with Crippen LogP contribution in [0.2, 0.25) is 0 Å². The summed E-state index contributed by atoms with van der Waals surface area (Å²) in [6.45, 7) is 8.64. The predicted molar refractivity (Wildman–Crippen MR) is 78.0 cm³/mol. The van der Waals surface area contributed by atoms with Gasteiger partial charge in [0, 0.05) is 31.2 Å². The fourth-order valence-electron chi connectivity index (χ4n) is 2.70. The molecule has 1 N–H and O–H groups in total. The molecule has 5 heteroatoms. The van der Waals surface area contributed by atoms with Crippen molar-refractivity contribution in [2.24, 2.45) is 0 Å². The van der Waals surface area contributed by atoms with Crippen LogP contribution in [0.3, 0.4) is 0 Å². The first-order chi connectivity index (χ1) is 9.72. The van der Waals surface area contributed by atoms with Crippen LogP contribution in [-0.2, 0) is 12.7 Å². The summed E-state index contributed by atoms with van der Waals surface area (Å²) in [5, 5.41) is 3.49. The third-order valence-corrected chi connectivity index (χ3v) is 4.24. The molecule has 1 aromatic carbocycles. The fourth-order valence-corrected chi connectivity index (χ4v) is 2.70. The van der Waals surface area contributed by atoms with Gasteiger partial charge < -0.3 is 5.32 Å². The first kappa shape index (κ1) is 16.3. The van der Waals surface area contributed by atoms with Gasteiger partial charge in [0.1, 0.15) is 0 Å². The molecule has 1 fully saturated rings. The number of hydrogen-bond donors (Lipinski definition) is 1. The highest BCUT2D eigenvalue weighted by Gasteiger charge is 2.34. The second-order valence-corrected chi connectivity index (χ2v) is 6.38. The predicted octanol–water partition coefficient (Wildman–Crippen LogP) is 3.67. The molecule has 0 radical (unpaired) electrons. The molecule has 118 valence electrons. The Bertz CT molecular complexity index is 483. The van der Waals surface area contributed by atoms with Gasteiger partial charge in [0.15, 0.2) is 0 Å². The van der Waals surface area contributed by atoms with Crippen LogP contribution in [0, 0.1) is 0 Å². The van der Waals surface area contributed by atoms with Gasteiger partial charge in [0.25, 0.3) is 0 Å². The number of piperazine rings is 1. The van der Waals surface area contributed by atoms with E-state index in [-0.39, 0.29) is 5.54 Å². The Morgan fingerprint density at radius 2 is 2.05 bits per heavy atom. The van der Waals surface area contributed by atoms with Crippen molar-refractivity contribution in [2.75, 3.05) is 13.1 Å². The maximum absolute atomic E-state index is 12.8. The van der Waals surface area contributed by atoms with Crippen molar-refractivity contribution in [3.05, 3.63) is 35.4 Å². The van der Waals surface area contributed by atoms with E-state index in [2.05, 4.69) is 31.0 Å². The molecular formula is C16H23F3N2. The molecule has 1 aliphatic heterocycles. The van der Waals surface area contributed by atoms with E-state index in [4.69, 9.17) is 0 Å². The average Bonchev–Trinajstić information content (AvgIpc) is 2.40. The Morgan fingerprint density at radius 3 is 2.67 bits per heavy atom. The van der Waals surface area contributed by atoms with Crippen LogP contribution in [-0.4, -0.2) is 29.6 Å². The fraction of sp³-hybridized carbons (Fsp3) is 0.625. The molecular weight excluding hydrogens is 277 g/mol. The van der Waals surface area contributed by atoms with Crippen molar-refractivity contribution in [2.45, 2.75) is 51.5 Å². The lowest BCUT2D eigenvalue weighted by molar-refractivity contribution is -0.137. The summed E-state index contributed by atoms with van der Waals surface area (Å²) in [6.07, 6.45) is -3.25. The molecule has 2 rings (SSSR count). The van der Waals surface area contributed by atoms with Gasteiger partial charge >= 0.3 is 6.18 Å². The molecule has 1 atom stereocenters. The molecule has 1 unspecified atom stereocenters. The number of rotatable bonds is 3. The summed E-state index contributed by atoms with van der Waals surface area (Å²) < 4.78 is 38.4. The molecule has 2 nitrogen and oxygen atoms in total. The van der Waals surface area contributed by atoms with Crippen LogP contribution in [0.1, 0.15) is 38.3 Å². The molecule has 0 aromatic heterocycles. The number of benzene rings is 1. The molecule has 0 aliphatic carbocycles. The van der Waals surface area contributed by atoms with Crippen LogP contribution in [0.25, 0.3) is 0 Å². The zero-order chi connectivity index (χ0) is 15.7. The molecule has 1 heterocycles. The quantitative estimate of drug-likeness (QED) is 0.916. The lowest BCUT2D eigenvalue weighted by Crippen LogP contribution is -2.61. The van der Waals surface area contributed by atoms with Gasteiger partial charge in [-0.05, 0) is 31.9 Å². The molecule has 1 aromatic rings. The van der Waals surface area contributed by atoms with E-state index in [1.54, 1.807) is 6.07 Å². The Labute approximate surface area is 124 Å². The van der Waals surface area contributed by atoms with E-state index in [0.717, 1.165) is 31.1 Å². The number of nitrogens with one attached hydrogen (secondary N) is 1. The SMILES string of the molecule is CCC1CN(Cc2cccc(C(F)(F)F)c2)C(C)(C)CN1. The summed E-state index contributed by atoms with van der Waals surface area (Å²) in [4.78, 5) is 2.27. The van der Waals surface area contributed by atoms with Crippen molar-refractivity contribution < 1.29 is 13.2 Å². The zero-order valence-corrected chi connectivity index (χ0v) is 12.8. The van der Waals surface area contributed by atoms with Gasteiger partial charge in [0.2, 0.25) is 0 Å². The minimum absolute atomic E-state index is 0.0556. The molecule has 0 spiro atoms. The van der Waals surface area contributed by atoms with E-state index in [0.29, 0.717) is 12.6 Å². The maximum atomic E-state index is 12.8. The number of nitrogens with zero attached hydrogens (tertiary/aromatic N) is 1. The molecule has 21 heavy (non-hydrogen) atoms. The van der Waals surface area contributed by atoms with E-state index in [9.17, 15) is 13.2 Å². The lowest BCUT2D eigenvalue weighted by atomic mass is 9.95. The smallest absolute Gasteiger partial charge is 0.311 e. The summed E-state index contributed by atoms with van der Waals surface area (Å²) in [6, 6.07) is 6.06. The highest BCUT2D eigenvalue weighted by molar-refractivity contribution is 5.26. The van der Waals surface area contributed by atoms with E-state index in [1.807, 2.05) is 0 Å². The topological polar surface area (TPSA) is 15.3 Å². The average molecular weight is 300 g/mol. The number of hydrogen-bond acceptors (Lipinski definition) is 2. The first-order valence-corrected chi connectivity index (χ1v) is 7.37. The van der Waals surface area contributed by atoms with Crippen molar-refractivity contribution >= 4 is 0 Å². The zero-order valence-electron chi connectivity index (χ0n) is 12.8. The Balaban J connectivity index is 2.16. The molecule has 1 saturated heterocycles. The van der Waals surface area contributed by atoms with Crippen LogP contribution < -0.4 is 5.32 Å². The third kappa shape index (κ3) is 3.98. The normalized spacial score (nSPS) is 23.2. The maximum Gasteiger partial charge on any atom is 0.416 e. The summed E-state index contributed by atoms with van der Waals surface area (Å²) >= 11 is 0. The summed E-state index contributed by atoms with van der Waals surface area (Å²) in [7, 11) is 0. The highest BCUT2D eigenvalue weighted by atomic mass is 19.4. The molecule has 0 amide bonds. The Kier molecular flexibility index (Phi) is 4.63. The first-order valence-electron chi connectivity index (χ1n) is 7.37. The summed E-state index contributed by atoms with van der Waals surface area (Å²) in [5.41, 5.74) is 0.0922. The molecule has 0 saturated carbocycles. The van der Waals surface area contributed by atoms with Crippen LogP contribution in [0.5, 0.6) is 0 Å². The van der Waals surface area contributed by atoms with Crippen molar-refractivity contribution in [1.82, 2.24) is 10.2 Å². The number of halogens is 3. The number of alkyl halides is 3. The van der Waals surface area contributed by atoms with Crippen LogP contribution >= 0.6 is 0 Å². The van der Waals surface area contributed by atoms with Crippen LogP contribution in [0.15, 0.2) is 24.3 Å². The van der Waals surface area contributed by atoms with Gasteiger partial charge in [0.05, 0.1) is 5.56 Å². The third-order valence-electron chi connectivity index (χ3n) is 4.24. The van der Waals surface area contributed by atoms with Gasteiger partial charge in [-0.1, -0.05) is 25.1 Å². The van der Waals surface area contributed by atoms with Gasteiger partial charge in [-0.3, -0.25) is 4.90 Å². The van der Waals surface area contributed by atoms with Crippen LogP contribution in [0.4, 0.5) is 13.2 Å². The van der Waals surface area contributed by atoms with E-state index in [1.165, 1.54) is 12.1 Å². The van der Waals surface area contributed by atoms with Gasteiger partial charge in [-0.15, -0.1) is 0 Å². The largest absolute Gasteiger partial charge is 0.416 e. The minimum atomic E-state index is -4.28. The van der Waals surface area contributed by atoms with Gasteiger partial charge in [-0.25, -0.2) is 0 Å². The second kappa shape index (κ2) is 5.97. The second-order valence-electron chi connectivity index (χ2n) is 6.38. The molecule has 1 aliphatic rings. The Morgan fingerprint density at radius 1 is 1.33 bits per heavy atom. The van der Waals surface area contributed by atoms with E-state index >= 15 is 0 Å². The van der Waals surface area contributed by atoms with Crippen molar-refractivity contribution in [3.63, 3.8) is 0 Å². The van der Waals surface area contributed by atoms with Gasteiger partial charge in [-0.2, -0.15) is 13.2 Å². The summed E-state index contributed by atoms with van der Waals surface area (Å²) in [5.74, 6) is 0. The lowest BCUT2D eigenvalue weighted by Gasteiger charge is -2.46. The van der Waals surface area contributed by atoms with Crippen molar-refractivity contribution in [1.29, 1.82) is 0 Å². The standard InChI is InChI=1S/C16H23F3N2/c1-4-14-10-21(15(2,3)11-20-14)9-12-6-5-7-13(8-12)16(17,18)19/h5-8,14,20H,4,9-11H2,1-3H3. The highest BCUT2D eigenvalue weighted by Crippen LogP contribution is 2.30.